The number of rotatable bonds is 6. The molecular formula is C19H30N4. The van der Waals surface area contributed by atoms with Crippen LogP contribution in [0.1, 0.15) is 25.7 Å². The van der Waals surface area contributed by atoms with Crippen LogP contribution in [0.3, 0.4) is 0 Å². The standard InChI is InChI=1S/C19H30N4/c1-21(15-18-14-16-3-4-17(18)13-16)19-5-9-22(10-6-19)11-12-23-8-2-7-20-23/h2-4,7-8,16-19H,5-6,9-15H2,1H3. The Labute approximate surface area is 140 Å². The van der Waals surface area contributed by atoms with Crippen LogP contribution in [0.5, 0.6) is 0 Å². The summed E-state index contributed by atoms with van der Waals surface area (Å²) in [4.78, 5) is 5.27. The molecule has 0 N–H and O–H groups in total. The maximum absolute atomic E-state index is 4.30. The van der Waals surface area contributed by atoms with Crippen LogP contribution in [0, 0.1) is 17.8 Å². The van der Waals surface area contributed by atoms with E-state index in [1.807, 2.05) is 16.9 Å². The van der Waals surface area contributed by atoms with Crippen molar-refractivity contribution in [1.29, 1.82) is 0 Å². The monoisotopic (exact) mass is 314 g/mol. The van der Waals surface area contributed by atoms with Crippen LogP contribution in [0.15, 0.2) is 30.6 Å². The minimum absolute atomic E-state index is 0.791. The van der Waals surface area contributed by atoms with Crippen molar-refractivity contribution >= 4 is 0 Å². The third-order valence-electron chi connectivity index (χ3n) is 6.32. The summed E-state index contributed by atoms with van der Waals surface area (Å²) in [5.74, 6) is 2.71. The number of nitrogens with zero attached hydrogens (tertiary/aromatic N) is 4. The van der Waals surface area contributed by atoms with Crippen molar-refractivity contribution in [2.45, 2.75) is 38.3 Å². The molecule has 0 aromatic carbocycles. The fourth-order valence-corrected chi connectivity index (χ4v) is 4.88. The number of hydrogen-bond donors (Lipinski definition) is 0. The van der Waals surface area contributed by atoms with Crippen LogP contribution in [-0.2, 0) is 6.54 Å². The van der Waals surface area contributed by atoms with Gasteiger partial charge in [0.1, 0.15) is 0 Å². The third kappa shape index (κ3) is 3.53. The Morgan fingerprint density at radius 3 is 2.65 bits per heavy atom. The van der Waals surface area contributed by atoms with Crippen LogP contribution < -0.4 is 0 Å². The number of allylic oxidation sites excluding steroid dienone is 2. The van der Waals surface area contributed by atoms with E-state index in [2.05, 4.69) is 40.3 Å². The molecule has 1 aliphatic heterocycles. The van der Waals surface area contributed by atoms with E-state index in [-0.39, 0.29) is 0 Å². The quantitative estimate of drug-likeness (QED) is 0.754. The molecule has 1 saturated carbocycles. The van der Waals surface area contributed by atoms with E-state index in [1.54, 1.807) is 0 Å². The molecule has 4 rings (SSSR count). The largest absolute Gasteiger partial charge is 0.303 e. The van der Waals surface area contributed by atoms with Gasteiger partial charge in [-0.25, -0.2) is 0 Å². The molecule has 3 aliphatic rings. The van der Waals surface area contributed by atoms with Crippen LogP contribution in [0.2, 0.25) is 0 Å². The normalized spacial score (nSPS) is 31.5. The van der Waals surface area contributed by atoms with Gasteiger partial charge in [-0.2, -0.15) is 5.10 Å². The molecule has 2 aliphatic carbocycles. The van der Waals surface area contributed by atoms with Gasteiger partial charge in [0.2, 0.25) is 0 Å². The molecule has 2 bridgehead atoms. The second-order valence-corrected chi connectivity index (χ2v) is 7.82. The lowest BCUT2D eigenvalue weighted by atomic mass is 9.92. The number of fused-ring (bicyclic) bond motifs is 2. The highest BCUT2D eigenvalue weighted by molar-refractivity contribution is 5.10. The summed E-state index contributed by atoms with van der Waals surface area (Å²) in [5.41, 5.74) is 0. The number of hydrogen-bond acceptors (Lipinski definition) is 3. The van der Waals surface area contributed by atoms with E-state index >= 15 is 0 Å². The molecule has 4 heteroatoms. The molecule has 3 unspecified atom stereocenters. The van der Waals surface area contributed by atoms with Crippen molar-refractivity contribution < 1.29 is 0 Å². The highest BCUT2D eigenvalue weighted by atomic mass is 15.3. The molecule has 0 spiro atoms. The fraction of sp³-hybridized carbons (Fsp3) is 0.737. The molecule has 1 aromatic rings. The smallest absolute Gasteiger partial charge is 0.0536 e. The summed E-state index contributed by atoms with van der Waals surface area (Å²) in [6.07, 6.45) is 14.4. The van der Waals surface area contributed by atoms with Crippen molar-refractivity contribution in [2.75, 3.05) is 33.2 Å². The van der Waals surface area contributed by atoms with E-state index in [4.69, 9.17) is 0 Å². The Balaban J connectivity index is 1.19. The summed E-state index contributed by atoms with van der Waals surface area (Å²) in [5, 5.41) is 4.30. The first-order valence-electron chi connectivity index (χ1n) is 9.36. The predicted octanol–water partition coefficient (Wildman–Crippen LogP) is 2.49. The number of likely N-dealkylation sites (tertiary alicyclic amines) is 1. The lowest BCUT2D eigenvalue weighted by Crippen LogP contribution is -2.45. The van der Waals surface area contributed by atoms with Gasteiger partial charge in [0.25, 0.3) is 0 Å². The summed E-state index contributed by atoms with van der Waals surface area (Å²) >= 11 is 0. The molecule has 126 valence electrons. The van der Waals surface area contributed by atoms with E-state index in [0.717, 1.165) is 36.9 Å². The van der Waals surface area contributed by atoms with E-state index in [9.17, 15) is 0 Å². The Bertz CT molecular complexity index is 515. The maximum atomic E-state index is 4.30. The fourth-order valence-electron chi connectivity index (χ4n) is 4.88. The predicted molar refractivity (Wildman–Crippen MR) is 93.2 cm³/mol. The summed E-state index contributed by atoms with van der Waals surface area (Å²) < 4.78 is 2.04. The summed E-state index contributed by atoms with van der Waals surface area (Å²) in [6.45, 7) is 5.95. The van der Waals surface area contributed by atoms with Gasteiger partial charge in [-0.1, -0.05) is 12.2 Å². The van der Waals surface area contributed by atoms with Crippen LogP contribution in [-0.4, -0.2) is 58.8 Å². The lowest BCUT2D eigenvalue weighted by molar-refractivity contribution is 0.109. The molecule has 3 atom stereocenters. The lowest BCUT2D eigenvalue weighted by Gasteiger charge is -2.38. The third-order valence-corrected chi connectivity index (χ3v) is 6.32. The van der Waals surface area contributed by atoms with Gasteiger partial charge in [0.15, 0.2) is 0 Å². The van der Waals surface area contributed by atoms with Gasteiger partial charge in [-0.15, -0.1) is 0 Å². The zero-order valence-electron chi connectivity index (χ0n) is 14.3. The first-order valence-corrected chi connectivity index (χ1v) is 9.36. The van der Waals surface area contributed by atoms with Crippen molar-refractivity contribution in [3.63, 3.8) is 0 Å². The molecule has 1 aromatic heterocycles. The second-order valence-electron chi connectivity index (χ2n) is 7.82. The Morgan fingerprint density at radius 1 is 1.13 bits per heavy atom. The van der Waals surface area contributed by atoms with Crippen molar-refractivity contribution in [3.05, 3.63) is 30.6 Å². The molecule has 0 amide bonds. The van der Waals surface area contributed by atoms with Gasteiger partial charge in [0.05, 0.1) is 6.54 Å². The summed E-state index contributed by atoms with van der Waals surface area (Å²) in [7, 11) is 2.36. The zero-order chi connectivity index (χ0) is 15.6. The van der Waals surface area contributed by atoms with Crippen molar-refractivity contribution in [2.24, 2.45) is 17.8 Å². The average Bonchev–Trinajstić information content (AvgIpc) is 3.31. The molecule has 0 radical (unpaired) electrons. The highest BCUT2D eigenvalue weighted by Crippen LogP contribution is 2.43. The molecule has 2 heterocycles. The topological polar surface area (TPSA) is 24.3 Å². The van der Waals surface area contributed by atoms with Crippen LogP contribution >= 0.6 is 0 Å². The first-order chi connectivity index (χ1) is 11.3. The molecule has 2 fully saturated rings. The Kier molecular flexibility index (Phi) is 4.54. The van der Waals surface area contributed by atoms with Crippen LogP contribution in [0.4, 0.5) is 0 Å². The molecular weight excluding hydrogens is 284 g/mol. The number of aromatic nitrogens is 2. The Morgan fingerprint density at radius 2 is 2.00 bits per heavy atom. The maximum Gasteiger partial charge on any atom is 0.0536 e. The zero-order valence-corrected chi connectivity index (χ0v) is 14.3. The summed E-state index contributed by atoms with van der Waals surface area (Å²) in [6, 6.07) is 2.80. The average molecular weight is 314 g/mol. The van der Waals surface area contributed by atoms with Crippen molar-refractivity contribution in [3.8, 4) is 0 Å². The van der Waals surface area contributed by atoms with Gasteiger partial charge >= 0.3 is 0 Å². The van der Waals surface area contributed by atoms with Gasteiger partial charge in [0, 0.05) is 31.5 Å². The highest BCUT2D eigenvalue weighted by Gasteiger charge is 2.36. The minimum atomic E-state index is 0.791. The molecule has 1 saturated heterocycles. The van der Waals surface area contributed by atoms with E-state index in [0.29, 0.717) is 0 Å². The first kappa shape index (κ1) is 15.4. The second kappa shape index (κ2) is 6.78. The minimum Gasteiger partial charge on any atom is -0.303 e. The van der Waals surface area contributed by atoms with Crippen molar-refractivity contribution in [1.82, 2.24) is 19.6 Å². The van der Waals surface area contributed by atoms with Gasteiger partial charge in [-0.05, 0) is 69.6 Å². The molecule has 4 nitrogen and oxygen atoms in total. The van der Waals surface area contributed by atoms with Gasteiger partial charge < -0.3 is 9.80 Å². The van der Waals surface area contributed by atoms with E-state index in [1.165, 1.54) is 45.3 Å². The SMILES string of the molecule is CN(CC1CC2C=CC1C2)C1CCN(CCn2cccn2)CC1. The van der Waals surface area contributed by atoms with Gasteiger partial charge in [-0.3, -0.25) is 4.68 Å². The molecule has 23 heavy (non-hydrogen) atoms. The van der Waals surface area contributed by atoms with Crippen LogP contribution in [0.25, 0.3) is 0 Å². The Hall–Kier alpha value is -1.13. The number of piperidine rings is 1. The van der Waals surface area contributed by atoms with E-state index < -0.39 is 0 Å².